The van der Waals surface area contributed by atoms with Crippen LogP contribution in [-0.2, 0) is 10.7 Å². The summed E-state index contributed by atoms with van der Waals surface area (Å²) in [6.07, 6.45) is 3.13. The van der Waals surface area contributed by atoms with Gasteiger partial charge in [-0.1, -0.05) is 42.5 Å². The molecular formula is C16H13ClO2. The average molecular weight is 273 g/mol. The summed E-state index contributed by atoms with van der Waals surface area (Å²) in [5.41, 5.74) is 1.94. The van der Waals surface area contributed by atoms with Gasteiger partial charge in [0.15, 0.2) is 0 Å². The SMILES string of the molecule is O=C(/C=C/c1ccccc1)Oc1ccc(CCl)cc1. The Morgan fingerprint density at radius 3 is 2.37 bits per heavy atom. The number of carbonyl (C=O) groups is 1. The molecule has 0 atom stereocenters. The molecule has 19 heavy (non-hydrogen) atoms. The first-order valence-electron chi connectivity index (χ1n) is 5.88. The van der Waals surface area contributed by atoms with Crippen LogP contribution in [0.5, 0.6) is 5.75 Å². The third-order valence-electron chi connectivity index (χ3n) is 2.51. The van der Waals surface area contributed by atoms with Gasteiger partial charge in [-0.15, -0.1) is 11.6 Å². The van der Waals surface area contributed by atoms with Gasteiger partial charge in [0, 0.05) is 12.0 Å². The first-order valence-corrected chi connectivity index (χ1v) is 6.41. The van der Waals surface area contributed by atoms with Gasteiger partial charge in [-0.05, 0) is 29.3 Å². The molecule has 2 aromatic carbocycles. The van der Waals surface area contributed by atoms with Gasteiger partial charge in [-0.2, -0.15) is 0 Å². The van der Waals surface area contributed by atoms with Crippen LogP contribution < -0.4 is 4.74 Å². The van der Waals surface area contributed by atoms with E-state index >= 15 is 0 Å². The highest BCUT2D eigenvalue weighted by atomic mass is 35.5. The van der Waals surface area contributed by atoms with E-state index in [9.17, 15) is 4.79 Å². The maximum absolute atomic E-state index is 11.6. The van der Waals surface area contributed by atoms with E-state index in [4.69, 9.17) is 16.3 Å². The highest BCUT2D eigenvalue weighted by Crippen LogP contribution is 2.14. The number of alkyl halides is 1. The van der Waals surface area contributed by atoms with Crippen molar-refractivity contribution in [3.05, 3.63) is 71.8 Å². The second kappa shape index (κ2) is 6.76. The summed E-state index contributed by atoms with van der Waals surface area (Å²) in [5.74, 6) is 0.557. The van der Waals surface area contributed by atoms with Crippen LogP contribution in [0.2, 0.25) is 0 Å². The fourth-order valence-corrected chi connectivity index (χ4v) is 1.70. The zero-order chi connectivity index (χ0) is 13.5. The molecule has 2 nitrogen and oxygen atoms in total. The van der Waals surface area contributed by atoms with Crippen molar-refractivity contribution < 1.29 is 9.53 Å². The van der Waals surface area contributed by atoms with Crippen LogP contribution in [0, 0.1) is 0 Å². The van der Waals surface area contributed by atoms with E-state index in [1.54, 1.807) is 18.2 Å². The summed E-state index contributed by atoms with van der Waals surface area (Å²) in [7, 11) is 0. The van der Waals surface area contributed by atoms with Gasteiger partial charge < -0.3 is 4.74 Å². The van der Waals surface area contributed by atoms with E-state index in [1.165, 1.54) is 6.08 Å². The lowest BCUT2D eigenvalue weighted by molar-refractivity contribution is -0.128. The number of ether oxygens (including phenoxy) is 1. The quantitative estimate of drug-likeness (QED) is 0.363. The van der Waals surface area contributed by atoms with E-state index in [-0.39, 0.29) is 0 Å². The Bertz CT molecular complexity index is 559. The highest BCUT2D eigenvalue weighted by molar-refractivity contribution is 6.17. The van der Waals surface area contributed by atoms with Crippen molar-refractivity contribution in [3.63, 3.8) is 0 Å². The molecule has 0 saturated heterocycles. The Labute approximate surface area is 117 Å². The van der Waals surface area contributed by atoms with Crippen molar-refractivity contribution in [2.75, 3.05) is 0 Å². The molecule has 0 bridgehead atoms. The standard InChI is InChI=1S/C16H13ClO2/c17-12-14-6-9-15(10-7-14)19-16(18)11-8-13-4-2-1-3-5-13/h1-11H,12H2/b11-8+. The Balaban J connectivity index is 1.95. The predicted molar refractivity (Wildman–Crippen MR) is 77.1 cm³/mol. The van der Waals surface area contributed by atoms with Crippen molar-refractivity contribution >= 4 is 23.6 Å². The molecule has 0 radical (unpaired) electrons. The van der Waals surface area contributed by atoms with Gasteiger partial charge in [0.05, 0.1) is 0 Å². The number of rotatable bonds is 4. The van der Waals surface area contributed by atoms with Crippen LogP contribution >= 0.6 is 11.6 Å². The van der Waals surface area contributed by atoms with Crippen LogP contribution in [0.25, 0.3) is 6.08 Å². The van der Waals surface area contributed by atoms with E-state index in [2.05, 4.69) is 0 Å². The van der Waals surface area contributed by atoms with E-state index in [0.29, 0.717) is 11.6 Å². The van der Waals surface area contributed by atoms with Crippen molar-refractivity contribution in [2.24, 2.45) is 0 Å². The maximum atomic E-state index is 11.6. The molecule has 0 aliphatic rings. The molecule has 0 saturated carbocycles. The van der Waals surface area contributed by atoms with Crippen molar-refractivity contribution in [2.45, 2.75) is 5.88 Å². The van der Waals surface area contributed by atoms with Gasteiger partial charge in [-0.3, -0.25) is 0 Å². The van der Waals surface area contributed by atoms with Crippen LogP contribution in [0.1, 0.15) is 11.1 Å². The minimum Gasteiger partial charge on any atom is -0.423 e. The molecule has 0 aromatic heterocycles. The summed E-state index contributed by atoms with van der Waals surface area (Å²) >= 11 is 5.68. The van der Waals surface area contributed by atoms with E-state index in [1.807, 2.05) is 42.5 Å². The first-order chi connectivity index (χ1) is 9.28. The lowest BCUT2D eigenvalue weighted by atomic mass is 10.2. The second-order valence-electron chi connectivity index (χ2n) is 3.94. The van der Waals surface area contributed by atoms with Crippen molar-refractivity contribution in [1.82, 2.24) is 0 Å². The molecule has 2 aromatic rings. The Hall–Kier alpha value is -2.06. The van der Waals surface area contributed by atoms with E-state index < -0.39 is 5.97 Å². The number of halogens is 1. The largest absolute Gasteiger partial charge is 0.423 e. The minimum absolute atomic E-state index is 0.400. The Kier molecular flexibility index (Phi) is 4.76. The number of esters is 1. The molecule has 0 fully saturated rings. The summed E-state index contributed by atoms with van der Waals surface area (Å²) in [4.78, 5) is 11.6. The average Bonchev–Trinajstić information content (AvgIpc) is 2.47. The zero-order valence-corrected chi connectivity index (χ0v) is 11.0. The topological polar surface area (TPSA) is 26.3 Å². The molecular weight excluding hydrogens is 260 g/mol. The fraction of sp³-hybridized carbons (Fsp3) is 0.0625. The van der Waals surface area contributed by atoms with Crippen LogP contribution in [0.4, 0.5) is 0 Å². The molecule has 0 amide bonds. The molecule has 3 heteroatoms. The van der Waals surface area contributed by atoms with Gasteiger partial charge in [0.2, 0.25) is 0 Å². The first kappa shape index (κ1) is 13.4. The Morgan fingerprint density at radius 2 is 1.74 bits per heavy atom. The molecule has 0 unspecified atom stereocenters. The highest BCUT2D eigenvalue weighted by Gasteiger charge is 2.00. The number of hydrogen-bond acceptors (Lipinski definition) is 2. The van der Waals surface area contributed by atoms with Crippen molar-refractivity contribution in [3.8, 4) is 5.75 Å². The minimum atomic E-state index is -0.400. The smallest absolute Gasteiger partial charge is 0.336 e. The van der Waals surface area contributed by atoms with Gasteiger partial charge in [-0.25, -0.2) is 4.79 Å². The summed E-state index contributed by atoms with van der Waals surface area (Å²) < 4.78 is 5.17. The number of carbonyl (C=O) groups excluding carboxylic acids is 1. The molecule has 0 aliphatic heterocycles. The second-order valence-corrected chi connectivity index (χ2v) is 4.21. The fourth-order valence-electron chi connectivity index (χ4n) is 1.53. The normalized spacial score (nSPS) is 10.6. The number of hydrogen-bond donors (Lipinski definition) is 0. The van der Waals surface area contributed by atoms with Gasteiger partial charge in [0.1, 0.15) is 5.75 Å². The molecule has 0 spiro atoms. The van der Waals surface area contributed by atoms with Crippen LogP contribution in [-0.4, -0.2) is 5.97 Å². The maximum Gasteiger partial charge on any atom is 0.336 e. The molecule has 96 valence electrons. The van der Waals surface area contributed by atoms with Crippen molar-refractivity contribution in [1.29, 1.82) is 0 Å². The summed E-state index contributed by atoms with van der Waals surface area (Å²) in [6.45, 7) is 0. The molecule has 2 rings (SSSR count). The Morgan fingerprint density at radius 1 is 1.05 bits per heavy atom. The molecule has 0 N–H and O–H groups in total. The monoisotopic (exact) mass is 272 g/mol. The lowest BCUT2D eigenvalue weighted by Crippen LogP contribution is -2.03. The van der Waals surface area contributed by atoms with E-state index in [0.717, 1.165) is 11.1 Å². The van der Waals surface area contributed by atoms with Gasteiger partial charge in [0.25, 0.3) is 0 Å². The summed E-state index contributed by atoms with van der Waals surface area (Å²) in [5, 5.41) is 0. The third kappa shape index (κ3) is 4.27. The lowest BCUT2D eigenvalue weighted by Gasteiger charge is -2.01. The number of benzene rings is 2. The van der Waals surface area contributed by atoms with Crippen LogP contribution in [0.15, 0.2) is 60.7 Å². The molecule has 0 aliphatic carbocycles. The predicted octanol–water partition coefficient (Wildman–Crippen LogP) is 4.04. The molecule has 0 heterocycles. The summed E-state index contributed by atoms with van der Waals surface area (Å²) in [6, 6.07) is 16.7. The van der Waals surface area contributed by atoms with Crippen LogP contribution in [0.3, 0.4) is 0 Å². The van der Waals surface area contributed by atoms with Gasteiger partial charge >= 0.3 is 5.97 Å². The third-order valence-corrected chi connectivity index (χ3v) is 2.82. The zero-order valence-electron chi connectivity index (χ0n) is 10.3.